The summed E-state index contributed by atoms with van der Waals surface area (Å²) in [5.74, 6) is -0.428. The van der Waals surface area contributed by atoms with Crippen LogP contribution in [0.2, 0.25) is 0 Å². The minimum atomic E-state index is -3.62. The van der Waals surface area contributed by atoms with Crippen molar-refractivity contribution >= 4 is 31.5 Å². The van der Waals surface area contributed by atoms with Crippen LogP contribution >= 0.6 is 0 Å². The molecule has 150 valence electrons. The Labute approximate surface area is 164 Å². The largest absolute Gasteiger partial charge is 0.379 e. The molecule has 1 fully saturated rings. The summed E-state index contributed by atoms with van der Waals surface area (Å²) in [7, 11) is -6.93. The van der Waals surface area contributed by atoms with E-state index in [2.05, 4.69) is 5.32 Å². The van der Waals surface area contributed by atoms with Crippen LogP contribution in [0, 0.1) is 0 Å². The van der Waals surface area contributed by atoms with Gasteiger partial charge in [0, 0.05) is 30.6 Å². The zero-order chi connectivity index (χ0) is 20.4. The Morgan fingerprint density at radius 3 is 1.96 bits per heavy atom. The van der Waals surface area contributed by atoms with Crippen LogP contribution in [0.4, 0.5) is 5.69 Å². The number of ether oxygens (including phenoxy) is 1. The second-order valence-electron chi connectivity index (χ2n) is 6.29. The minimum Gasteiger partial charge on any atom is -0.379 e. The van der Waals surface area contributed by atoms with Gasteiger partial charge in [0.2, 0.25) is 10.0 Å². The van der Waals surface area contributed by atoms with Gasteiger partial charge in [-0.3, -0.25) is 4.79 Å². The van der Waals surface area contributed by atoms with Crippen LogP contribution in [0.3, 0.4) is 0 Å². The van der Waals surface area contributed by atoms with Gasteiger partial charge in [-0.05, 0) is 48.5 Å². The summed E-state index contributed by atoms with van der Waals surface area (Å²) in [5.41, 5.74) is 0.718. The average Bonchev–Trinajstić information content (AvgIpc) is 2.68. The van der Waals surface area contributed by atoms with Gasteiger partial charge >= 0.3 is 0 Å². The lowest BCUT2D eigenvalue weighted by atomic mass is 10.2. The van der Waals surface area contributed by atoms with E-state index in [9.17, 15) is 21.6 Å². The maximum Gasteiger partial charge on any atom is 0.255 e. The summed E-state index contributed by atoms with van der Waals surface area (Å²) in [4.78, 5) is 12.6. The molecule has 2 aromatic rings. The molecule has 28 heavy (non-hydrogen) atoms. The number of nitrogens with zero attached hydrogens (tertiary/aromatic N) is 1. The lowest BCUT2D eigenvalue weighted by Gasteiger charge is -2.26. The van der Waals surface area contributed by atoms with Crippen LogP contribution in [0.25, 0.3) is 0 Å². The fraction of sp³-hybridized carbons (Fsp3) is 0.278. The Morgan fingerprint density at radius 1 is 0.893 bits per heavy atom. The number of rotatable bonds is 5. The molecule has 0 saturated carbocycles. The average molecular weight is 425 g/mol. The molecular formula is C18H20N2O6S2. The fourth-order valence-electron chi connectivity index (χ4n) is 2.70. The van der Waals surface area contributed by atoms with Crippen molar-refractivity contribution < 1.29 is 26.4 Å². The van der Waals surface area contributed by atoms with E-state index >= 15 is 0 Å². The first kappa shape index (κ1) is 20.5. The molecule has 0 radical (unpaired) electrons. The van der Waals surface area contributed by atoms with Crippen LogP contribution in [-0.2, 0) is 24.6 Å². The molecule has 0 unspecified atom stereocenters. The number of morpholine rings is 1. The molecule has 3 rings (SSSR count). The van der Waals surface area contributed by atoms with Crippen molar-refractivity contribution in [2.75, 3.05) is 37.9 Å². The summed E-state index contributed by atoms with van der Waals surface area (Å²) >= 11 is 0. The van der Waals surface area contributed by atoms with Gasteiger partial charge in [0.25, 0.3) is 5.91 Å². The summed E-state index contributed by atoms with van der Waals surface area (Å²) in [6.07, 6.45) is 1.10. The van der Waals surface area contributed by atoms with E-state index in [4.69, 9.17) is 4.74 Å². The van der Waals surface area contributed by atoms with Crippen molar-refractivity contribution in [3.8, 4) is 0 Å². The van der Waals surface area contributed by atoms with Gasteiger partial charge in [-0.15, -0.1) is 0 Å². The molecule has 10 heteroatoms. The number of nitrogens with one attached hydrogen (secondary N) is 1. The minimum absolute atomic E-state index is 0.114. The smallest absolute Gasteiger partial charge is 0.255 e. The predicted octanol–water partition coefficient (Wildman–Crippen LogP) is 1.36. The summed E-state index contributed by atoms with van der Waals surface area (Å²) in [6.45, 7) is 1.32. The third-order valence-electron chi connectivity index (χ3n) is 4.26. The van der Waals surface area contributed by atoms with E-state index in [0.29, 0.717) is 32.0 Å². The van der Waals surface area contributed by atoms with E-state index < -0.39 is 25.8 Å². The number of benzene rings is 2. The standard InChI is InChI=1S/C18H20N2O6S2/c1-27(22,23)16-8-4-15(5-9-16)19-18(21)14-2-6-17(7-3-14)28(24,25)20-10-12-26-13-11-20/h2-9H,10-13H2,1H3,(H,19,21). The summed E-state index contributed by atoms with van der Waals surface area (Å²) < 4.78 is 54.7. The molecule has 0 spiro atoms. The fourth-order valence-corrected chi connectivity index (χ4v) is 4.74. The number of hydrogen-bond acceptors (Lipinski definition) is 6. The third kappa shape index (κ3) is 4.58. The molecule has 0 atom stereocenters. The van der Waals surface area contributed by atoms with Gasteiger partial charge in [-0.2, -0.15) is 4.31 Å². The molecule has 1 saturated heterocycles. The highest BCUT2D eigenvalue weighted by atomic mass is 32.2. The maximum atomic E-state index is 12.6. The first-order valence-corrected chi connectivity index (χ1v) is 11.8. The van der Waals surface area contributed by atoms with Gasteiger partial charge in [-0.25, -0.2) is 16.8 Å². The van der Waals surface area contributed by atoms with Crippen molar-refractivity contribution in [2.45, 2.75) is 9.79 Å². The van der Waals surface area contributed by atoms with E-state index in [0.717, 1.165) is 6.26 Å². The van der Waals surface area contributed by atoms with Crippen molar-refractivity contribution in [1.82, 2.24) is 4.31 Å². The quantitative estimate of drug-likeness (QED) is 0.776. The van der Waals surface area contributed by atoms with Gasteiger partial charge in [0.1, 0.15) is 0 Å². The van der Waals surface area contributed by atoms with Crippen LogP contribution in [0.1, 0.15) is 10.4 Å². The van der Waals surface area contributed by atoms with E-state index in [1.807, 2.05) is 0 Å². The number of sulfonamides is 1. The highest BCUT2D eigenvalue weighted by molar-refractivity contribution is 7.90. The molecule has 1 aliphatic heterocycles. The van der Waals surface area contributed by atoms with Gasteiger partial charge in [0.15, 0.2) is 9.84 Å². The molecule has 1 N–H and O–H groups in total. The number of anilines is 1. The number of hydrogen-bond donors (Lipinski definition) is 1. The summed E-state index contributed by atoms with van der Waals surface area (Å²) in [6, 6.07) is 11.5. The highest BCUT2D eigenvalue weighted by Crippen LogP contribution is 2.19. The Kier molecular flexibility index (Phi) is 5.84. The molecule has 1 heterocycles. The van der Waals surface area contributed by atoms with E-state index in [1.54, 1.807) is 0 Å². The van der Waals surface area contributed by atoms with E-state index in [1.165, 1.54) is 52.8 Å². The highest BCUT2D eigenvalue weighted by Gasteiger charge is 2.26. The Balaban J connectivity index is 1.71. The SMILES string of the molecule is CS(=O)(=O)c1ccc(NC(=O)c2ccc(S(=O)(=O)N3CCOCC3)cc2)cc1. The number of amides is 1. The van der Waals surface area contributed by atoms with Crippen molar-refractivity contribution in [3.63, 3.8) is 0 Å². The topological polar surface area (TPSA) is 110 Å². The van der Waals surface area contributed by atoms with E-state index in [-0.39, 0.29) is 15.4 Å². The van der Waals surface area contributed by atoms with Gasteiger partial charge < -0.3 is 10.1 Å². The lowest BCUT2D eigenvalue weighted by molar-refractivity contribution is 0.0730. The molecule has 2 aromatic carbocycles. The molecule has 0 aliphatic carbocycles. The van der Waals surface area contributed by atoms with Gasteiger partial charge in [-0.1, -0.05) is 0 Å². The Bertz CT molecular complexity index is 1060. The van der Waals surface area contributed by atoms with Crippen LogP contribution in [-0.4, -0.2) is 59.6 Å². The maximum absolute atomic E-state index is 12.6. The Hall–Kier alpha value is -2.27. The zero-order valence-electron chi connectivity index (χ0n) is 15.2. The molecule has 8 nitrogen and oxygen atoms in total. The number of carbonyl (C=O) groups excluding carboxylic acids is 1. The van der Waals surface area contributed by atoms with Crippen LogP contribution in [0.15, 0.2) is 58.3 Å². The van der Waals surface area contributed by atoms with Crippen molar-refractivity contribution in [2.24, 2.45) is 0 Å². The van der Waals surface area contributed by atoms with Crippen LogP contribution in [0.5, 0.6) is 0 Å². The summed E-state index contributed by atoms with van der Waals surface area (Å²) in [5, 5.41) is 2.65. The third-order valence-corrected chi connectivity index (χ3v) is 7.31. The lowest BCUT2D eigenvalue weighted by Crippen LogP contribution is -2.40. The molecular weight excluding hydrogens is 404 g/mol. The molecule has 1 amide bonds. The molecule has 0 aromatic heterocycles. The normalized spacial score (nSPS) is 15.9. The van der Waals surface area contributed by atoms with Gasteiger partial charge in [0.05, 0.1) is 23.0 Å². The first-order chi connectivity index (χ1) is 13.2. The van der Waals surface area contributed by atoms with Crippen molar-refractivity contribution in [1.29, 1.82) is 0 Å². The zero-order valence-corrected chi connectivity index (χ0v) is 16.8. The number of sulfone groups is 1. The molecule has 0 bridgehead atoms. The van der Waals surface area contributed by atoms with Crippen LogP contribution < -0.4 is 5.32 Å². The van der Waals surface area contributed by atoms with Crippen molar-refractivity contribution in [3.05, 3.63) is 54.1 Å². The first-order valence-electron chi connectivity index (χ1n) is 8.47. The monoisotopic (exact) mass is 424 g/mol. The second kappa shape index (κ2) is 8.00. The second-order valence-corrected chi connectivity index (χ2v) is 10.2. The predicted molar refractivity (Wildman–Crippen MR) is 104 cm³/mol. The Morgan fingerprint density at radius 2 is 1.43 bits per heavy atom. The molecule has 1 aliphatic rings. The number of carbonyl (C=O) groups is 1.